The molecule has 0 aromatic carbocycles. The van der Waals surface area contributed by atoms with Gasteiger partial charge in [0.2, 0.25) is 5.91 Å². The van der Waals surface area contributed by atoms with E-state index in [-0.39, 0.29) is 18.0 Å². The molecule has 0 spiro atoms. The molecule has 1 aromatic heterocycles. The Labute approximate surface area is 114 Å². The maximum atomic E-state index is 11.8. The highest BCUT2D eigenvalue weighted by molar-refractivity contribution is 5.81. The van der Waals surface area contributed by atoms with Gasteiger partial charge in [-0.1, -0.05) is 6.07 Å². The molecule has 0 aliphatic heterocycles. The molecule has 5 nitrogen and oxygen atoms in total. The molecule has 0 saturated heterocycles. The lowest BCUT2D eigenvalue weighted by Crippen LogP contribution is -2.43. The van der Waals surface area contributed by atoms with Crippen LogP contribution >= 0.6 is 0 Å². The van der Waals surface area contributed by atoms with Crippen LogP contribution in [-0.2, 0) is 9.53 Å². The summed E-state index contributed by atoms with van der Waals surface area (Å²) in [4.78, 5) is 15.9. The number of carbonyl (C=O) groups excluding carboxylic acids is 1. The molecule has 19 heavy (non-hydrogen) atoms. The predicted octanol–water partition coefficient (Wildman–Crippen LogP) is 1.27. The summed E-state index contributed by atoms with van der Waals surface area (Å²) in [5.74, 6) is 0.00634. The number of nitrogens with zero attached hydrogens (tertiary/aromatic N) is 1. The minimum atomic E-state index is -0.238. The maximum absolute atomic E-state index is 11.8. The van der Waals surface area contributed by atoms with Gasteiger partial charge < -0.3 is 10.1 Å². The van der Waals surface area contributed by atoms with Crippen LogP contribution in [0.5, 0.6) is 0 Å². The molecule has 0 aliphatic rings. The van der Waals surface area contributed by atoms with E-state index in [0.717, 1.165) is 12.0 Å². The van der Waals surface area contributed by atoms with Crippen molar-refractivity contribution < 1.29 is 9.53 Å². The number of aromatic nitrogens is 1. The van der Waals surface area contributed by atoms with Crippen LogP contribution < -0.4 is 10.6 Å². The number of ether oxygens (including phenoxy) is 1. The number of pyridine rings is 1. The molecule has 0 bridgehead atoms. The Balaban J connectivity index is 2.33. The topological polar surface area (TPSA) is 63.2 Å². The molecule has 1 unspecified atom stereocenters. The number of hydrogen-bond acceptors (Lipinski definition) is 4. The van der Waals surface area contributed by atoms with Crippen LogP contribution in [0.15, 0.2) is 24.5 Å². The van der Waals surface area contributed by atoms with Crippen molar-refractivity contribution in [3.63, 3.8) is 0 Å². The fourth-order valence-electron chi connectivity index (χ4n) is 1.76. The molecule has 2 N–H and O–H groups in total. The second-order valence-corrected chi connectivity index (χ2v) is 4.53. The Morgan fingerprint density at radius 3 is 2.89 bits per heavy atom. The van der Waals surface area contributed by atoms with Gasteiger partial charge in [0.25, 0.3) is 0 Å². The van der Waals surface area contributed by atoms with E-state index in [1.54, 1.807) is 19.5 Å². The summed E-state index contributed by atoms with van der Waals surface area (Å²) in [6.45, 7) is 5.18. The molecule has 1 rings (SSSR count). The van der Waals surface area contributed by atoms with Gasteiger partial charge in [-0.15, -0.1) is 0 Å². The lowest BCUT2D eigenvalue weighted by Gasteiger charge is -2.19. The van der Waals surface area contributed by atoms with E-state index < -0.39 is 0 Å². The Morgan fingerprint density at radius 1 is 1.47 bits per heavy atom. The number of amides is 1. The van der Waals surface area contributed by atoms with Crippen LogP contribution in [0.4, 0.5) is 0 Å². The summed E-state index contributed by atoms with van der Waals surface area (Å²) < 4.78 is 4.93. The first-order valence-corrected chi connectivity index (χ1v) is 6.57. The fourth-order valence-corrected chi connectivity index (χ4v) is 1.76. The number of methoxy groups -OCH3 is 1. The van der Waals surface area contributed by atoms with Crippen molar-refractivity contribution in [3.8, 4) is 0 Å². The maximum Gasteiger partial charge on any atom is 0.236 e. The van der Waals surface area contributed by atoms with Crippen molar-refractivity contribution in [2.45, 2.75) is 32.4 Å². The quantitative estimate of drug-likeness (QED) is 0.695. The van der Waals surface area contributed by atoms with E-state index in [2.05, 4.69) is 15.6 Å². The summed E-state index contributed by atoms with van der Waals surface area (Å²) in [5.41, 5.74) is 1.07. The van der Waals surface area contributed by atoms with Gasteiger partial charge in [0.1, 0.15) is 0 Å². The number of hydrogen-bond donors (Lipinski definition) is 2. The molecule has 0 aliphatic carbocycles. The molecule has 5 heteroatoms. The second kappa shape index (κ2) is 8.61. The van der Waals surface area contributed by atoms with E-state index in [0.29, 0.717) is 13.2 Å². The van der Waals surface area contributed by atoms with Gasteiger partial charge >= 0.3 is 0 Å². The van der Waals surface area contributed by atoms with Gasteiger partial charge in [0, 0.05) is 38.7 Å². The van der Waals surface area contributed by atoms with Gasteiger partial charge in [-0.3, -0.25) is 15.1 Å². The fraction of sp³-hybridized carbons (Fsp3) is 0.571. The van der Waals surface area contributed by atoms with Crippen molar-refractivity contribution >= 4 is 5.91 Å². The first-order valence-electron chi connectivity index (χ1n) is 6.57. The molecule has 1 amide bonds. The average molecular weight is 265 g/mol. The van der Waals surface area contributed by atoms with Crippen molar-refractivity contribution in [3.05, 3.63) is 30.1 Å². The largest absolute Gasteiger partial charge is 0.385 e. The summed E-state index contributed by atoms with van der Waals surface area (Å²) in [6.07, 6.45) is 4.37. The van der Waals surface area contributed by atoms with Crippen LogP contribution in [0.3, 0.4) is 0 Å². The van der Waals surface area contributed by atoms with E-state index in [1.165, 1.54) is 0 Å². The van der Waals surface area contributed by atoms with E-state index in [9.17, 15) is 4.79 Å². The van der Waals surface area contributed by atoms with Crippen LogP contribution in [0, 0.1) is 0 Å². The van der Waals surface area contributed by atoms with Gasteiger partial charge in [0.05, 0.1) is 6.04 Å². The summed E-state index contributed by atoms with van der Waals surface area (Å²) >= 11 is 0. The third-order valence-electron chi connectivity index (χ3n) is 2.90. The molecule has 0 saturated carbocycles. The highest BCUT2D eigenvalue weighted by Crippen LogP contribution is 2.10. The molecule has 0 fully saturated rings. The molecular weight excluding hydrogens is 242 g/mol. The molecule has 0 radical (unpaired) electrons. The zero-order valence-electron chi connectivity index (χ0n) is 11.8. The first-order chi connectivity index (χ1) is 9.15. The van der Waals surface area contributed by atoms with E-state index >= 15 is 0 Å². The number of carbonyl (C=O) groups is 1. The zero-order valence-corrected chi connectivity index (χ0v) is 11.8. The van der Waals surface area contributed by atoms with Crippen LogP contribution in [0.25, 0.3) is 0 Å². The normalized spacial score (nSPS) is 13.8. The number of nitrogens with one attached hydrogen (secondary N) is 2. The van der Waals surface area contributed by atoms with Gasteiger partial charge in [0.15, 0.2) is 0 Å². The average Bonchev–Trinajstić information content (AvgIpc) is 2.44. The first kappa shape index (κ1) is 15.6. The van der Waals surface area contributed by atoms with Crippen molar-refractivity contribution in [2.24, 2.45) is 0 Å². The highest BCUT2D eigenvalue weighted by atomic mass is 16.5. The smallest absolute Gasteiger partial charge is 0.236 e. The van der Waals surface area contributed by atoms with Crippen LogP contribution in [0.1, 0.15) is 31.9 Å². The second-order valence-electron chi connectivity index (χ2n) is 4.53. The van der Waals surface area contributed by atoms with Gasteiger partial charge in [-0.2, -0.15) is 0 Å². The molecule has 2 atom stereocenters. The van der Waals surface area contributed by atoms with Gasteiger partial charge in [-0.25, -0.2) is 0 Å². The third kappa shape index (κ3) is 5.81. The van der Waals surface area contributed by atoms with Crippen molar-refractivity contribution in [1.82, 2.24) is 15.6 Å². The minimum Gasteiger partial charge on any atom is -0.385 e. The van der Waals surface area contributed by atoms with Crippen molar-refractivity contribution in [2.75, 3.05) is 20.3 Å². The van der Waals surface area contributed by atoms with E-state index in [1.807, 2.05) is 26.0 Å². The molecular formula is C14H23N3O2. The Hall–Kier alpha value is -1.46. The Kier molecular flexibility index (Phi) is 7.07. The molecule has 1 heterocycles. The third-order valence-corrected chi connectivity index (χ3v) is 2.90. The molecule has 1 aromatic rings. The monoisotopic (exact) mass is 265 g/mol. The Bertz CT molecular complexity index is 370. The number of rotatable bonds is 8. The molecule has 106 valence electrons. The van der Waals surface area contributed by atoms with E-state index in [4.69, 9.17) is 4.74 Å². The zero-order chi connectivity index (χ0) is 14.1. The summed E-state index contributed by atoms with van der Waals surface area (Å²) in [5, 5.41) is 6.13. The lowest BCUT2D eigenvalue weighted by atomic mass is 10.1. The highest BCUT2D eigenvalue weighted by Gasteiger charge is 2.15. The summed E-state index contributed by atoms with van der Waals surface area (Å²) in [6, 6.07) is 3.74. The van der Waals surface area contributed by atoms with Crippen molar-refractivity contribution in [1.29, 1.82) is 0 Å². The Morgan fingerprint density at radius 2 is 2.26 bits per heavy atom. The lowest BCUT2D eigenvalue weighted by molar-refractivity contribution is -0.122. The predicted molar refractivity (Wildman–Crippen MR) is 74.8 cm³/mol. The SMILES string of the molecule is COCCCNC(=O)C(C)N[C@H](C)c1cccnc1. The minimum absolute atomic E-state index is 0.00634. The van der Waals surface area contributed by atoms with Crippen LogP contribution in [0.2, 0.25) is 0 Å². The van der Waals surface area contributed by atoms with Gasteiger partial charge in [-0.05, 0) is 31.9 Å². The standard InChI is InChI=1S/C14H23N3O2/c1-11(13-6-4-7-15-10-13)17-12(2)14(18)16-8-5-9-19-3/h4,6-7,10-12,17H,5,8-9H2,1-3H3,(H,16,18)/t11-,12?/m1/s1. The summed E-state index contributed by atoms with van der Waals surface area (Å²) in [7, 11) is 1.65. The van der Waals surface area contributed by atoms with Crippen LogP contribution in [-0.4, -0.2) is 37.2 Å².